The zero-order valence-electron chi connectivity index (χ0n) is 15.5. The monoisotopic (exact) mass is 412 g/mol. The molecule has 1 saturated heterocycles. The fraction of sp³-hybridized carbons (Fsp3) is 0.500. The molecule has 1 aromatic carbocycles. The summed E-state index contributed by atoms with van der Waals surface area (Å²) in [6, 6.07) is 6.86. The topological polar surface area (TPSA) is 93.7 Å². The molecule has 9 heteroatoms. The van der Waals surface area contributed by atoms with E-state index in [2.05, 4.69) is 10.6 Å². The highest BCUT2D eigenvalue weighted by molar-refractivity contribution is 8.19. The van der Waals surface area contributed by atoms with Crippen LogP contribution in [0.2, 0.25) is 0 Å². The first-order valence-electron chi connectivity index (χ1n) is 8.62. The zero-order chi connectivity index (χ0) is 19.8. The average Bonchev–Trinajstić information content (AvgIpc) is 3.14. The zero-order valence-corrected chi connectivity index (χ0v) is 17.2. The van der Waals surface area contributed by atoms with Crippen LogP contribution < -0.4 is 15.4 Å². The number of thioether (sulfide) groups is 2. The van der Waals surface area contributed by atoms with E-state index in [1.807, 2.05) is 47.8 Å². The lowest BCUT2D eigenvalue weighted by Gasteiger charge is -2.15. The fourth-order valence-corrected chi connectivity index (χ4v) is 5.07. The Kier molecular flexibility index (Phi) is 8.30. The van der Waals surface area contributed by atoms with Gasteiger partial charge in [-0.05, 0) is 38.5 Å². The molecule has 0 aromatic heterocycles. The highest BCUT2D eigenvalue weighted by atomic mass is 32.2. The van der Waals surface area contributed by atoms with Crippen molar-refractivity contribution in [3.05, 3.63) is 29.8 Å². The van der Waals surface area contributed by atoms with Gasteiger partial charge in [0, 0.05) is 17.5 Å². The van der Waals surface area contributed by atoms with Crippen molar-refractivity contribution >= 4 is 41.4 Å². The van der Waals surface area contributed by atoms with E-state index >= 15 is 0 Å². The van der Waals surface area contributed by atoms with Gasteiger partial charge in [0.25, 0.3) is 5.91 Å². The average molecular weight is 413 g/mol. The number of carbonyl (C=O) groups excluding carboxylic acids is 3. The molecule has 148 valence electrons. The Morgan fingerprint density at radius 2 is 1.74 bits per heavy atom. The van der Waals surface area contributed by atoms with E-state index in [-0.39, 0.29) is 12.6 Å². The molecule has 1 atom stereocenters. The smallest absolute Gasteiger partial charge is 0.344 e. The maximum absolute atomic E-state index is 11.8. The molecule has 1 aliphatic rings. The minimum Gasteiger partial charge on any atom is -0.482 e. The van der Waals surface area contributed by atoms with Gasteiger partial charge in [0.05, 0.1) is 4.58 Å². The molecule has 1 heterocycles. The Balaban J connectivity index is 1.73. The van der Waals surface area contributed by atoms with Crippen molar-refractivity contribution in [2.75, 3.05) is 18.1 Å². The number of ether oxygens (including phenoxy) is 2. The van der Waals surface area contributed by atoms with Gasteiger partial charge in [-0.1, -0.05) is 12.1 Å². The van der Waals surface area contributed by atoms with Crippen LogP contribution in [0.4, 0.5) is 4.79 Å². The number of rotatable bonds is 7. The molecule has 0 saturated carbocycles. The number of hydrogen-bond donors (Lipinski definition) is 2. The molecule has 0 spiro atoms. The first kappa shape index (κ1) is 21.4. The van der Waals surface area contributed by atoms with Crippen LogP contribution in [0, 0.1) is 0 Å². The van der Waals surface area contributed by atoms with Crippen LogP contribution >= 0.6 is 23.5 Å². The van der Waals surface area contributed by atoms with Crippen LogP contribution in [0.25, 0.3) is 0 Å². The molecule has 1 aliphatic heterocycles. The fourth-order valence-electron chi connectivity index (χ4n) is 2.21. The second-order valence-corrected chi connectivity index (χ2v) is 8.91. The first-order chi connectivity index (χ1) is 12.8. The normalized spacial score (nSPS) is 15.3. The second kappa shape index (κ2) is 10.5. The van der Waals surface area contributed by atoms with E-state index in [0.717, 1.165) is 11.5 Å². The molecule has 2 rings (SSSR count). The Morgan fingerprint density at radius 3 is 2.33 bits per heavy atom. The van der Waals surface area contributed by atoms with Crippen molar-refractivity contribution in [1.82, 2.24) is 10.6 Å². The number of esters is 1. The highest BCUT2D eigenvalue weighted by Gasteiger charge is 2.21. The number of hydrogen-bond acceptors (Lipinski definition) is 7. The van der Waals surface area contributed by atoms with E-state index < -0.39 is 24.0 Å². The molecule has 0 aliphatic carbocycles. The molecular weight excluding hydrogens is 388 g/mol. The molecule has 0 bridgehead atoms. The molecule has 0 radical (unpaired) electrons. The van der Waals surface area contributed by atoms with Gasteiger partial charge in [0.15, 0.2) is 12.7 Å². The number of benzene rings is 1. The Morgan fingerprint density at radius 1 is 1.11 bits per heavy atom. The maximum atomic E-state index is 11.8. The molecule has 7 nitrogen and oxygen atoms in total. The second-order valence-electron chi connectivity index (χ2n) is 6.18. The molecular formula is C18H24N2O5S2. The lowest BCUT2D eigenvalue weighted by molar-refractivity contribution is -0.156. The summed E-state index contributed by atoms with van der Waals surface area (Å²) in [6.07, 6.45) is -1.10. The van der Waals surface area contributed by atoms with Gasteiger partial charge < -0.3 is 14.8 Å². The van der Waals surface area contributed by atoms with Gasteiger partial charge in [-0.2, -0.15) is 0 Å². The first-order valence-corrected chi connectivity index (χ1v) is 10.7. The number of nitrogens with one attached hydrogen (secondary N) is 2. The van der Waals surface area contributed by atoms with Crippen molar-refractivity contribution in [1.29, 1.82) is 0 Å². The molecule has 3 amide bonds. The van der Waals surface area contributed by atoms with Crippen molar-refractivity contribution in [2.45, 2.75) is 37.5 Å². The third-order valence-corrected chi connectivity index (χ3v) is 6.57. The summed E-state index contributed by atoms with van der Waals surface area (Å²) in [7, 11) is 0. The number of carbonyl (C=O) groups is 3. The number of imide groups is 1. The van der Waals surface area contributed by atoms with Crippen LogP contribution in [0.5, 0.6) is 5.75 Å². The number of amides is 3. The molecule has 0 unspecified atom stereocenters. The largest absolute Gasteiger partial charge is 0.482 e. The van der Waals surface area contributed by atoms with Gasteiger partial charge >= 0.3 is 12.0 Å². The predicted octanol–water partition coefficient (Wildman–Crippen LogP) is 2.71. The van der Waals surface area contributed by atoms with Crippen molar-refractivity contribution in [3.8, 4) is 5.75 Å². The lowest BCUT2D eigenvalue weighted by Crippen LogP contribution is -2.46. The molecule has 27 heavy (non-hydrogen) atoms. The number of urea groups is 1. The van der Waals surface area contributed by atoms with Crippen LogP contribution in [0.3, 0.4) is 0 Å². The van der Waals surface area contributed by atoms with E-state index in [1.54, 1.807) is 13.8 Å². The molecule has 1 fully saturated rings. The standard InChI is InChI=1S/C18H24N2O5S2/c1-11(2)19-18(23)20-16(22)12(3)25-15(21)10-24-14-6-4-13(5-7-14)17-26-8-9-27-17/h4-7,11-12,17H,8-10H2,1-3H3,(H2,19,20,22,23)/t12-/m0/s1. The van der Waals surface area contributed by atoms with Crippen molar-refractivity contribution in [3.63, 3.8) is 0 Å². The minimum absolute atomic E-state index is 0.110. The van der Waals surface area contributed by atoms with Crippen molar-refractivity contribution < 1.29 is 23.9 Å². The summed E-state index contributed by atoms with van der Waals surface area (Å²) < 4.78 is 10.8. The Bertz CT molecular complexity index is 660. The summed E-state index contributed by atoms with van der Waals surface area (Å²) in [6.45, 7) is 4.61. The summed E-state index contributed by atoms with van der Waals surface area (Å²) in [5.41, 5.74) is 1.22. The van der Waals surface area contributed by atoms with E-state index in [4.69, 9.17) is 9.47 Å². The Labute approximate surface area is 167 Å². The van der Waals surface area contributed by atoms with E-state index in [0.29, 0.717) is 10.3 Å². The third kappa shape index (κ3) is 7.34. The summed E-state index contributed by atoms with van der Waals surface area (Å²) in [5.74, 6) is 1.48. The minimum atomic E-state index is -1.10. The van der Waals surface area contributed by atoms with E-state index in [1.165, 1.54) is 12.5 Å². The molecule has 1 aromatic rings. The summed E-state index contributed by atoms with van der Waals surface area (Å²) in [5, 5.41) is 4.63. The summed E-state index contributed by atoms with van der Waals surface area (Å²) >= 11 is 3.84. The van der Waals surface area contributed by atoms with Gasteiger partial charge in [-0.25, -0.2) is 9.59 Å². The van der Waals surface area contributed by atoms with Gasteiger partial charge in [-0.15, -0.1) is 23.5 Å². The maximum Gasteiger partial charge on any atom is 0.344 e. The van der Waals surface area contributed by atoms with Crippen molar-refractivity contribution in [2.24, 2.45) is 0 Å². The molecule has 2 N–H and O–H groups in total. The Hall–Kier alpha value is -1.87. The summed E-state index contributed by atoms with van der Waals surface area (Å²) in [4.78, 5) is 35.1. The van der Waals surface area contributed by atoms with Crippen LogP contribution in [0.15, 0.2) is 24.3 Å². The van der Waals surface area contributed by atoms with Gasteiger partial charge in [0.2, 0.25) is 0 Å². The van der Waals surface area contributed by atoms with Gasteiger partial charge in [-0.3, -0.25) is 10.1 Å². The van der Waals surface area contributed by atoms with Crippen LogP contribution in [0.1, 0.15) is 30.9 Å². The lowest BCUT2D eigenvalue weighted by atomic mass is 10.2. The predicted molar refractivity (Wildman–Crippen MR) is 107 cm³/mol. The third-order valence-electron chi connectivity index (χ3n) is 3.46. The highest BCUT2D eigenvalue weighted by Crippen LogP contribution is 2.45. The van der Waals surface area contributed by atoms with Crippen LogP contribution in [-0.4, -0.2) is 48.2 Å². The van der Waals surface area contributed by atoms with Gasteiger partial charge in [0.1, 0.15) is 5.75 Å². The van der Waals surface area contributed by atoms with E-state index in [9.17, 15) is 14.4 Å². The SMILES string of the molecule is CC(C)NC(=O)NC(=O)[C@H](C)OC(=O)COc1ccc(C2SCCS2)cc1. The van der Waals surface area contributed by atoms with Crippen LogP contribution in [-0.2, 0) is 14.3 Å². The quantitative estimate of drug-likeness (QED) is 0.665.